The number of benzene rings is 1. The van der Waals surface area contributed by atoms with Crippen molar-refractivity contribution in [3.05, 3.63) is 28.4 Å². The maximum absolute atomic E-state index is 9.05. The van der Waals surface area contributed by atoms with Gasteiger partial charge in [0.2, 0.25) is 0 Å². The zero-order valence-corrected chi connectivity index (χ0v) is 8.74. The van der Waals surface area contributed by atoms with E-state index in [1.807, 2.05) is 25.2 Å². The van der Waals surface area contributed by atoms with Crippen LogP contribution in [0.3, 0.4) is 0 Å². The van der Waals surface area contributed by atoms with Crippen LogP contribution in [0.4, 0.5) is 0 Å². The summed E-state index contributed by atoms with van der Waals surface area (Å²) in [5, 5.41) is 14.2. The van der Waals surface area contributed by atoms with Gasteiger partial charge in [0, 0.05) is 16.9 Å². The second-order valence-corrected chi connectivity index (χ2v) is 3.81. The van der Waals surface area contributed by atoms with Crippen molar-refractivity contribution in [2.45, 2.75) is 6.61 Å². The summed E-state index contributed by atoms with van der Waals surface area (Å²) in [4.78, 5) is 0. The van der Waals surface area contributed by atoms with Gasteiger partial charge in [-0.15, -0.1) is 0 Å². The van der Waals surface area contributed by atoms with E-state index in [2.05, 4.69) is 21.0 Å². The number of aliphatic hydroxyl groups excluding tert-OH is 1. The standard InChI is InChI=1S/C9H9BrN2O/c1-12-9-3-2-6(10)4-7(9)8(5-13)11-12/h2-4,13H,5H2,1H3. The van der Waals surface area contributed by atoms with Crippen molar-refractivity contribution in [2.75, 3.05) is 0 Å². The third-order valence-corrected chi connectivity index (χ3v) is 2.53. The fourth-order valence-electron chi connectivity index (χ4n) is 1.43. The Morgan fingerprint density at radius 3 is 3.00 bits per heavy atom. The second-order valence-electron chi connectivity index (χ2n) is 2.89. The van der Waals surface area contributed by atoms with Crippen molar-refractivity contribution in [1.82, 2.24) is 9.78 Å². The molecule has 1 aromatic heterocycles. The first kappa shape index (κ1) is 8.72. The molecule has 2 aromatic rings. The minimum atomic E-state index is -0.0200. The minimum Gasteiger partial charge on any atom is -0.390 e. The van der Waals surface area contributed by atoms with Crippen LogP contribution in [-0.4, -0.2) is 14.9 Å². The van der Waals surface area contributed by atoms with E-state index in [1.54, 1.807) is 4.68 Å². The first-order valence-electron chi connectivity index (χ1n) is 3.94. The number of aryl methyl sites for hydroxylation is 1. The summed E-state index contributed by atoms with van der Waals surface area (Å²) in [7, 11) is 1.87. The van der Waals surface area contributed by atoms with Gasteiger partial charge in [0.1, 0.15) is 0 Å². The van der Waals surface area contributed by atoms with Crippen LogP contribution in [0.15, 0.2) is 22.7 Å². The summed E-state index contributed by atoms with van der Waals surface area (Å²) in [6.45, 7) is -0.0200. The van der Waals surface area contributed by atoms with Crippen LogP contribution in [0.1, 0.15) is 5.69 Å². The van der Waals surface area contributed by atoms with Crippen LogP contribution >= 0.6 is 15.9 Å². The Kier molecular flexibility index (Phi) is 2.09. The Labute approximate surface area is 84.1 Å². The molecule has 0 radical (unpaired) electrons. The molecule has 0 fully saturated rings. The quantitative estimate of drug-likeness (QED) is 0.827. The van der Waals surface area contributed by atoms with Gasteiger partial charge in [-0.3, -0.25) is 4.68 Å². The molecule has 68 valence electrons. The van der Waals surface area contributed by atoms with Gasteiger partial charge in [-0.25, -0.2) is 0 Å². The molecule has 0 atom stereocenters. The van der Waals surface area contributed by atoms with E-state index in [1.165, 1.54) is 0 Å². The number of halogens is 1. The molecule has 1 N–H and O–H groups in total. The highest BCUT2D eigenvalue weighted by molar-refractivity contribution is 9.10. The van der Waals surface area contributed by atoms with Crippen LogP contribution < -0.4 is 0 Å². The Morgan fingerprint density at radius 2 is 2.31 bits per heavy atom. The van der Waals surface area contributed by atoms with Crippen molar-refractivity contribution in [3.8, 4) is 0 Å². The van der Waals surface area contributed by atoms with E-state index in [9.17, 15) is 0 Å². The number of rotatable bonds is 1. The molecule has 0 aliphatic carbocycles. The molecule has 3 nitrogen and oxygen atoms in total. The second kappa shape index (κ2) is 3.12. The Morgan fingerprint density at radius 1 is 1.54 bits per heavy atom. The lowest BCUT2D eigenvalue weighted by molar-refractivity contribution is 0.277. The number of nitrogens with zero attached hydrogens (tertiary/aromatic N) is 2. The number of aromatic nitrogens is 2. The molecule has 0 amide bonds. The molecular formula is C9H9BrN2O. The Balaban J connectivity index is 2.81. The summed E-state index contributed by atoms with van der Waals surface area (Å²) in [5.74, 6) is 0. The fourth-order valence-corrected chi connectivity index (χ4v) is 1.79. The van der Waals surface area contributed by atoms with Crippen molar-refractivity contribution in [1.29, 1.82) is 0 Å². The number of fused-ring (bicyclic) bond motifs is 1. The topological polar surface area (TPSA) is 38.0 Å². The lowest BCUT2D eigenvalue weighted by atomic mass is 10.2. The summed E-state index contributed by atoms with van der Waals surface area (Å²) >= 11 is 3.39. The molecule has 0 spiro atoms. The Bertz CT molecular complexity index is 450. The zero-order chi connectivity index (χ0) is 9.42. The third-order valence-electron chi connectivity index (χ3n) is 2.04. The molecule has 2 rings (SSSR count). The van der Waals surface area contributed by atoms with Gasteiger partial charge in [-0.1, -0.05) is 15.9 Å². The monoisotopic (exact) mass is 240 g/mol. The number of aliphatic hydroxyl groups is 1. The molecule has 0 saturated carbocycles. The fraction of sp³-hybridized carbons (Fsp3) is 0.222. The zero-order valence-electron chi connectivity index (χ0n) is 7.16. The summed E-state index contributed by atoms with van der Waals surface area (Å²) in [5.41, 5.74) is 1.76. The van der Waals surface area contributed by atoms with Crippen LogP contribution in [0.2, 0.25) is 0 Å². The molecule has 0 bridgehead atoms. The van der Waals surface area contributed by atoms with Gasteiger partial charge >= 0.3 is 0 Å². The summed E-state index contributed by atoms with van der Waals surface area (Å²) in [6, 6.07) is 5.91. The number of hydrogen-bond acceptors (Lipinski definition) is 2. The van der Waals surface area contributed by atoms with E-state index in [0.29, 0.717) is 0 Å². The predicted molar refractivity (Wildman–Crippen MR) is 54.3 cm³/mol. The van der Waals surface area contributed by atoms with Gasteiger partial charge in [0.25, 0.3) is 0 Å². The predicted octanol–water partition coefficient (Wildman–Crippen LogP) is 1.83. The van der Waals surface area contributed by atoms with Crippen molar-refractivity contribution < 1.29 is 5.11 Å². The summed E-state index contributed by atoms with van der Waals surface area (Å²) in [6.07, 6.45) is 0. The largest absolute Gasteiger partial charge is 0.390 e. The van der Waals surface area contributed by atoms with Crippen LogP contribution in [0, 0.1) is 0 Å². The molecule has 1 heterocycles. The van der Waals surface area contributed by atoms with E-state index >= 15 is 0 Å². The number of hydrogen-bond donors (Lipinski definition) is 1. The lowest BCUT2D eigenvalue weighted by Crippen LogP contribution is -1.90. The van der Waals surface area contributed by atoms with Crippen LogP contribution in [-0.2, 0) is 13.7 Å². The lowest BCUT2D eigenvalue weighted by Gasteiger charge is -1.93. The molecule has 0 aliphatic heterocycles. The molecule has 0 aliphatic rings. The van der Waals surface area contributed by atoms with E-state index in [-0.39, 0.29) is 6.61 Å². The maximum Gasteiger partial charge on any atom is 0.0957 e. The normalized spacial score (nSPS) is 11.0. The van der Waals surface area contributed by atoms with Gasteiger partial charge in [-0.2, -0.15) is 5.10 Å². The van der Waals surface area contributed by atoms with E-state index in [0.717, 1.165) is 21.1 Å². The van der Waals surface area contributed by atoms with Crippen molar-refractivity contribution in [2.24, 2.45) is 7.05 Å². The summed E-state index contributed by atoms with van der Waals surface area (Å²) < 4.78 is 2.77. The molecule has 0 saturated heterocycles. The third kappa shape index (κ3) is 1.36. The van der Waals surface area contributed by atoms with Crippen LogP contribution in [0.5, 0.6) is 0 Å². The highest BCUT2D eigenvalue weighted by Crippen LogP contribution is 2.22. The average molecular weight is 241 g/mol. The SMILES string of the molecule is Cn1nc(CO)c2cc(Br)ccc21. The van der Waals surface area contributed by atoms with Crippen LogP contribution in [0.25, 0.3) is 10.9 Å². The smallest absolute Gasteiger partial charge is 0.0957 e. The average Bonchev–Trinajstić information content (AvgIpc) is 2.42. The van der Waals surface area contributed by atoms with Crippen molar-refractivity contribution in [3.63, 3.8) is 0 Å². The molecule has 0 unspecified atom stereocenters. The minimum absolute atomic E-state index is 0.0200. The van der Waals surface area contributed by atoms with Crippen molar-refractivity contribution >= 4 is 26.8 Å². The molecular weight excluding hydrogens is 232 g/mol. The Hall–Kier alpha value is -0.870. The first-order valence-corrected chi connectivity index (χ1v) is 4.73. The van der Waals surface area contributed by atoms with Gasteiger partial charge in [0.15, 0.2) is 0 Å². The van der Waals surface area contributed by atoms with Gasteiger partial charge in [0.05, 0.1) is 17.8 Å². The molecule has 13 heavy (non-hydrogen) atoms. The molecule has 4 heteroatoms. The maximum atomic E-state index is 9.05. The van der Waals surface area contributed by atoms with Gasteiger partial charge in [-0.05, 0) is 18.2 Å². The van der Waals surface area contributed by atoms with E-state index in [4.69, 9.17) is 5.11 Å². The first-order chi connectivity index (χ1) is 6.22. The highest BCUT2D eigenvalue weighted by atomic mass is 79.9. The molecule has 1 aromatic carbocycles. The highest BCUT2D eigenvalue weighted by Gasteiger charge is 2.06. The van der Waals surface area contributed by atoms with Gasteiger partial charge < -0.3 is 5.11 Å². The van der Waals surface area contributed by atoms with E-state index < -0.39 is 0 Å².